The molecule has 0 radical (unpaired) electrons. The van der Waals surface area contributed by atoms with Gasteiger partial charge in [0.25, 0.3) is 0 Å². The van der Waals surface area contributed by atoms with E-state index < -0.39 is 0 Å². The van der Waals surface area contributed by atoms with Gasteiger partial charge in [-0.2, -0.15) is 5.10 Å². The third-order valence-electron chi connectivity index (χ3n) is 0.628. The topological polar surface area (TPSA) is 55.9 Å². The number of rotatable bonds is 0. The highest BCUT2D eigenvalue weighted by atomic mass is 16.0. The highest BCUT2D eigenvalue weighted by molar-refractivity contribution is 5.71. The minimum absolute atomic E-state index is 0. The van der Waals surface area contributed by atoms with Gasteiger partial charge >= 0.3 is 0 Å². The van der Waals surface area contributed by atoms with E-state index in [-0.39, 0.29) is 5.48 Å². The van der Waals surface area contributed by atoms with Gasteiger partial charge in [0.15, 0.2) is 0 Å². The molecule has 0 aliphatic carbocycles. The molecule has 0 saturated carbocycles. The van der Waals surface area contributed by atoms with Crippen molar-refractivity contribution in [3.8, 4) is 0 Å². The molecule has 3 N–H and O–H groups in total. The number of hydrogen-bond donors (Lipinski definition) is 1. The first kappa shape index (κ1) is 6.91. The van der Waals surface area contributed by atoms with Crippen molar-refractivity contribution in [1.29, 1.82) is 0 Å². The summed E-state index contributed by atoms with van der Waals surface area (Å²) in [6.45, 7) is 0. The fourth-order valence-corrected chi connectivity index (χ4v) is 0.342. The van der Waals surface area contributed by atoms with Gasteiger partial charge in [-0.1, -0.05) is 6.08 Å². The van der Waals surface area contributed by atoms with E-state index in [0.29, 0.717) is 0 Å². The Hall–Kier alpha value is -1.09. The second-order valence-corrected chi connectivity index (χ2v) is 1.15. The van der Waals surface area contributed by atoms with Gasteiger partial charge in [0.1, 0.15) is 0 Å². The molecule has 0 bridgehead atoms. The maximum absolute atomic E-state index is 3.72. The first-order chi connectivity index (χ1) is 3.50. The van der Waals surface area contributed by atoms with Crippen LogP contribution in [-0.2, 0) is 0 Å². The normalized spacial score (nSPS) is 14.0. The summed E-state index contributed by atoms with van der Waals surface area (Å²) in [6, 6.07) is 0. The smallest absolute Gasteiger partial charge is 0.0472 e. The first-order valence-corrected chi connectivity index (χ1v) is 2.10. The summed E-state index contributed by atoms with van der Waals surface area (Å²) < 4.78 is 0. The van der Waals surface area contributed by atoms with Crippen molar-refractivity contribution in [1.82, 2.24) is 5.43 Å². The quantitative estimate of drug-likeness (QED) is 0.464. The molecular weight excluding hydrogens is 104 g/mol. The van der Waals surface area contributed by atoms with Gasteiger partial charge in [-0.25, -0.2) is 0 Å². The zero-order chi connectivity index (χ0) is 4.95. The average molecular weight is 112 g/mol. The number of nitrogens with one attached hydrogen (secondary N) is 1. The van der Waals surface area contributed by atoms with E-state index in [1.54, 1.807) is 12.4 Å². The monoisotopic (exact) mass is 112 g/mol. The summed E-state index contributed by atoms with van der Waals surface area (Å²) in [4.78, 5) is 0. The van der Waals surface area contributed by atoms with Crippen LogP contribution in [0.25, 0.3) is 0 Å². The molecule has 0 saturated heterocycles. The zero-order valence-corrected chi connectivity index (χ0v) is 4.33. The van der Waals surface area contributed by atoms with E-state index in [4.69, 9.17) is 0 Å². The Labute approximate surface area is 47.7 Å². The van der Waals surface area contributed by atoms with Crippen molar-refractivity contribution < 1.29 is 5.48 Å². The molecule has 1 heterocycles. The number of hydrogen-bond acceptors (Lipinski definition) is 2. The molecule has 44 valence electrons. The van der Waals surface area contributed by atoms with Crippen molar-refractivity contribution in [2.45, 2.75) is 0 Å². The maximum Gasteiger partial charge on any atom is 0.0472 e. The van der Waals surface area contributed by atoms with Gasteiger partial charge in [0.05, 0.1) is 0 Å². The summed E-state index contributed by atoms with van der Waals surface area (Å²) >= 11 is 0. The fourth-order valence-electron chi connectivity index (χ4n) is 0.342. The lowest BCUT2D eigenvalue weighted by Gasteiger charge is -1.78. The van der Waals surface area contributed by atoms with Crippen LogP contribution in [0.2, 0.25) is 0 Å². The minimum Gasteiger partial charge on any atom is -0.412 e. The molecule has 1 aliphatic rings. The molecule has 0 spiro atoms. The average Bonchev–Trinajstić information content (AvgIpc) is 1.90. The second kappa shape index (κ2) is 4.08. The van der Waals surface area contributed by atoms with Crippen LogP contribution in [0.4, 0.5) is 0 Å². The minimum atomic E-state index is 0. The van der Waals surface area contributed by atoms with Crippen LogP contribution in [-0.4, -0.2) is 11.7 Å². The lowest BCUT2D eigenvalue weighted by atomic mass is 10.5. The van der Waals surface area contributed by atoms with Crippen LogP contribution in [0.15, 0.2) is 29.5 Å². The molecule has 0 unspecified atom stereocenters. The lowest BCUT2D eigenvalue weighted by molar-refractivity contribution is 0.824. The predicted molar refractivity (Wildman–Crippen MR) is 33.5 cm³/mol. The van der Waals surface area contributed by atoms with E-state index in [2.05, 4.69) is 10.5 Å². The molecule has 3 heteroatoms. The van der Waals surface area contributed by atoms with Gasteiger partial charge in [-0.05, 0) is 12.2 Å². The van der Waals surface area contributed by atoms with Crippen molar-refractivity contribution in [2.75, 3.05) is 0 Å². The highest BCUT2D eigenvalue weighted by Gasteiger charge is 1.68. The van der Waals surface area contributed by atoms with Gasteiger partial charge in [0, 0.05) is 12.4 Å². The van der Waals surface area contributed by atoms with Gasteiger partial charge < -0.3 is 5.48 Å². The Kier molecular flexibility index (Phi) is 3.52. The van der Waals surface area contributed by atoms with Crippen LogP contribution in [0.3, 0.4) is 0 Å². The molecule has 0 fully saturated rings. The Morgan fingerprint density at radius 1 is 1.12 bits per heavy atom. The Morgan fingerprint density at radius 3 is 2.88 bits per heavy atom. The van der Waals surface area contributed by atoms with Crippen molar-refractivity contribution in [3.05, 3.63) is 24.4 Å². The predicted octanol–water partition coefficient (Wildman–Crippen LogP) is -0.179. The largest absolute Gasteiger partial charge is 0.412 e. The van der Waals surface area contributed by atoms with E-state index >= 15 is 0 Å². The highest BCUT2D eigenvalue weighted by Crippen LogP contribution is 1.76. The van der Waals surface area contributed by atoms with Crippen LogP contribution in [0.1, 0.15) is 0 Å². The number of hydrazone groups is 1. The maximum atomic E-state index is 3.72. The molecule has 8 heavy (non-hydrogen) atoms. The Morgan fingerprint density at radius 2 is 2.00 bits per heavy atom. The van der Waals surface area contributed by atoms with Crippen molar-refractivity contribution >= 4 is 6.21 Å². The molecule has 0 aromatic rings. The first-order valence-electron chi connectivity index (χ1n) is 2.10. The van der Waals surface area contributed by atoms with E-state index in [1.165, 1.54) is 0 Å². The fraction of sp³-hybridized carbons (Fsp3) is 0. The Balaban J connectivity index is 0.000000490. The van der Waals surface area contributed by atoms with E-state index in [0.717, 1.165) is 0 Å². The molecule has 1 aliphatic heterocycles. The summed E-state index contributed by atoms with van der Waals surface area (Å²) in [5, 5.41) is 3.72. The van der Waals surface area contributed by atoms with Crippen molar-refractivity contribution in [3.63, 3.8) is 0 Å². The van der Waals surface area contributed by atoms with Crippen molar-refractivity contribution in [2.24, 2.45) is 5.10 Å². The summed E-state index contributed by atoms with van der Waals surface area (Å²) in [6.07, 6.45) is 9.10. The van der Waals surface area contributed by atoms with Gasteiger partial charge in [-0.15, -0.1) is 0 Å². The van der Waals surface area contributed by atoms with E-state index in [1.807, 2.05) is 18.2 Å². The number of allylic oxidation sites excluding steroid dienone is 3. The van der Waals surface area contributed by atoms with Crippen LogP contribution in [0, 0.1) is 0 Å². The summed E-state index contributed by atoms with van der Waals surface area (Å²) in [5.74, 6) is 0. The molecule has 3 nitrogen and oxygen atoms in total. The van der Waals surface area contributed by atoms with Crippen LogP contribution < -0.4 is 5.43 Å². The molecular formula is C5H8N2O. The molecule has 0 amide bonds. The summed E-state index contributed by atoms with van der Waals surface area (Å²) in [7, 11) is 0. The van der Waals surface area contributed by atoms with Crippen LogP contribution in [0.5, 0.6) is 0 Å². The standard InChI is InChI=1S/C5H6N2.H2O/c1-2-4-6-7-5-3-1;/h1-6H;1H2. The summed E-state index contributed by atoms with van der Waals surface area (Å²) in [5.41, 5.74) is 2.67. The molecule has 0 aromatic heterocycles. The van der Waals surface area contributed by atoms with Gasteiger partial charge in [-0.3, -0.25) is 5.43 Å². The van der Waals surface area contributed by atoms with E-state index in [9.17, 15) is 0 Å². The third-order valence-corrected chi connectivity index (χ3v) is 0.628. The second-order valence-electron chi connectivity index (χ2n) is 1.15. The number of nitrogens with zero attached hydrogens (tertiary/aromatic N) is 1. The molecule has 0 atom stereocenters. The molecule has 0 aromatic carbocycles. The Bertz CT molecular complexity index is 112. The third kappa shape index (κ3) is 2.15. The SMILES string of the molecule is C1=CC=NNC=C1.O. The van der Waals surface area contributed by atoms with Gasteiger partial charge in [0.2, 0.25) is 0 Å². The molecule has 1 rings (SSSR count). The van der Waals surface area contributed by atoms with Crippen LogP contribution >= 0.6 is 0 Å². The lowest BCUT2D eigenvalue weighted by Crippen LogP contribution is -1.89. The zero-order valence-electron chi connectivity index (χ0n) is 4.33.